The Kier molecular flexibility index (Phi) is 3.47. The number of carbonyl (C=O) groups is 1. The monoisotopic (exact) mass is 252 g/mol. The summed E-state index contributed by atoms with van der Waals surface area (Å²) >= 11 is 1.38. The molecule has 0 unspecified atom stereocenters. The second kappa shape index (κ2) is 4.87. The molecule has 1 aromatic rings. The van der Waals surface area contributed by atoms with E-state index < -0.39 is 0 Å². The van der Waals surface area contributed by atoms with Crippen molar-refractivity contribution in [2.75, 3.05) is 12.5 Å². The van der Waals surface area contributed by atoms with Gasteiger partial charge in [-0.25, -0.2) is 4.79 Å². The third-order valence-electron chi connectivity index (χ3n) is 2.86. The Morgan fingerprint density at radius 3 is 2.88 bits per heavy atom. The third kappa shape index (κ3) is 2.66. The molecule has 0 bridgehead atoms. The van der Waals surface area contributed by atoms with Crippen LogP contribution < -0.4 is 5.43 Å². The van der Waals surface area contributed by atoms with E-state index in [1.165, 1.54) is 31.3 Å². The highest BCUT2D eigenvalue weighted by Gasteiger charge is 2.24. The van der Waals surface area contributed by atoms with Crippen LogP contribution in [-0.2, 0) is 4.74 Å². The molecule has 0 atom stereocenters. The first-order chi connectivity index (χ1) is 8.13. The predicted molar refractivity (Wildman–Crippen MR) is 69.9 cm³/mol. The lowest BCUT2D eigenvalue weighted by molar-refractivity contribution is 0.0607. The van der Waals surface area contributed by atoms with Crippen molar-refractivity contribution in [2.45, 2.75) is 26.7 Å². The molecular weight excluding hydrogens is 236 g/mol. The number of aryl methyl sites for hydroxylation is 1. The number of carbonyl (C=O) groups excluding carboxylic acids is 1. The second-order valence-corrected chi connectivity index (χ2v) is 5.13. The summed E-state index contributed by atoms with van der Waals surface area (Å²) in [7, 11) is 1.39. The lowest BCUT2D eigenvalue weighted by Gasteiger charge is -2.04. The lowest BCUT2D eigenvalue weighted by Crippen LogP contribution is -2.05. The van der Waals surface area contributed by atoms with Crippen LogP contribution in [0.2, 0.25) is 0 Å². The highest BCUT2D eigenvalue weighted by Crippen LogP contribution is 2.32. The number of hydrazone groups is 1. The minimum Gasteiger partial charge on any atom is -0.465 e. The summed E-state index contributed by atoms with van der Waals surface area (Å²) in [5.41, 5.74) is 5.88. The fraction of sp³-hybridized carbons (Fsp3) is 0.500. The SMILES string of the molecule is COC(=O)c1scc(C)c1N/N=C(\C)C1CC1. The van der Waals surface area contributed by atoms with Crippen LogP contribution in [0.25, 0.3) is 0 Å². The molecule has 1 saturated carbocycles. The van der Waals surface area contributed by atoms with Crippen molar-refractivity contribution < 1.29 is 9.53 Å². The Balaban J connectivity index is 2.16. The normalized spacial score (nSPS) is 15.8. The molecule has 4 nitrogen and oxygen atoms in total. The molecular formula is C12H16N2O2S. The van der Waals surface area contributed by atoms with Gasteiger partial charge in [0.25, 0.3) is 0 Å². The minimum absolute atomic E-state index is 0.315. The van der Waals surface area contributed by atoms with Crippen LogP contribution in [0.1, 0.15) is 35.0 Å². The number of thiophene rings is 1. The molecule has 5 heteroatoms. The van der Waals surface area contributed by atoms with Crippen molar-refractivity contribution in [3.8, 4) is 0 Å². The van der Waals surface area contributed by atoms with Gasteiger partial charge in [0.15, 0.2) is 0 Å². The largest absolute Gasteiger partial charge is 0.465 e. The average molecular weight is 252 g/mol. The molecule has 1 aliphatic rings. The van der Waals surface area contributed by atoms with E-state index in [2.05, 4.69) is 10.5 Å². The summed E-state index contributed by atoms with van der Waals surface area (Å²) in [5, 5.41) is 6.26. The Morgan fingerprint density at radius 2 is 2.29 bits per heavy atom. The summed E-state index contributed by atoms with van der Waals surface area (Å²) in [6, 6.07) is 0. The number of nitrogens with zero attached hydrogens (tertiary/aromatic N) is 1. The molecule has 0 spiro atoms. The standard InChI is InChI=1S/C12H16N2O2S/c1-7-6-17-11(12(15)16-3)10(7)14-13-8(2)9-4-5-9/h6,9,14H,4-5H2,1-3H3/b13-8+. The maximum Gasteiger partial charge on any atom is 0.350 e. The highest BCUT2D eigenvalue weighted by atomic mass is 32.1. The number of nitrogens with one attached hydrogen (secondary N) is 1. The van der Waals surface area contributed by atoms with Crippen molar-refractivity contribution in [1.82, 2.24) is 0 Å². The molecule has 0 aliphatic heterocycles. The van der Waals surface area contributed by atoms with E-state index in [0.29, 0.717) is 10.8 Å². The summed E-state index contributed by atoms with van der Waals surface area (Å²) in [6.45, 7) is 3.97. The van der Waals surface area contributed by atoms with Crippen molar-refractivity contribution in [2.24, 2.45) is 11.0 Å². The summed E-state index contributed by atoms with van der Waals surface area (Å²) in [5.74, 6) is 0.313. The molecule has 2 rings (SSSR count). The maximum atomic E-state index is 11.5. The van der Waals surface area contributed by atoms with Crippen LogP contribution in [0.15, 0.2) is 10.5 Å². The van der Waals surface area contributed by atoms with Crippen molar-refractivity contribution in [3.05, 3.63) is 15.8 Å². The Labute approximate surface area is 105 Å². The molecule has 92 valence electrons. The van der Waals surface area contributed by atoms with Crippen molar-refractivity contribution >= 4 is 28.7 Å². The van der Waals surface area contributed by atoms with Gasteiger partial charge in [0, 0.05) is 5.71 Å². The molecule has 0 radical (unpaired) electrons. The Hall–Kier alpha value is -1.36. The lowest BCUT2D eigenvalue weighted by atomic mass is 10.3. The number of methoxy groups -OCH3 is 1. The summed E-state index contributed by atoms with van der Waals surface area (Å²) in [4.78, 5) is 12.1. The van der Waals surface area contributed by atoms with Gasteiger partial charge in [0.1, 0.15) is 4.88 Å². The molecule has 1 aromatic heterocycles. The zero-order valence-electron chi connectivity index (χ0n) is 10.2. The number of ether oxygens (including phenoxy) is 1. The molecule has 1 aliphatic carbocycles. The number of hydrogen-bond donors (Lipinski definition) is 1. The number of rotatable bonds is 4. The number of esters is 1. The fourth-order valence-corrected chi connectivity index (χ4v) is 2.48. The molecule has 1 heterocycles. The van der Waals surface area contributed by atoms with Gasteiger partial charge in [-0.15, -0.1) is 11.3 Å². The first-order valence-electron chi connectivity index (χ1n) is 5.60. The van der Waals surface area contributed by atoms with E-state index in [-0.39, 0.29) is 5.97 Å². The van der Waals surface area contributed by atoms with Gasteiger partial charge >= 0.3 is 5.97 Å². The fourth-order valence-electron chi connectivity index (χ4n) is 1.56. The van der Waals surface area contributed by atoms with E-state index in [1.807, 2.05) is 19.2 Å². The van der Waals surface area contributed by atoms with Crippen LogP contribution >= 0.6 is 11.3 Å². The first kappa shape index (κ1) is 12.1. The van der Waals surface area contributed by atoms with Crippen LogP contribution in [0.3, 0.4) is 0 Å². The number of hydrogen-bond acceptors (Lipinski definition) is 5. The van der Waals surface area contributed by atoms with E-state index in [9.17, 15) is 4.79 Å². The van der Waals surface area contributed by atoms with Gasteiger partial charge in [-0.05, 0) is 43.6 Å². The molecule has 1 N–H and O–H groups in total. The van der Waals surface area contributed by atoms with Gasteiger partial charge in [-0.3, -0.25) is 5.43 Å². The second-order valence-electron chi connectivity index (χ2n) is 4.25. The average Bonchev–Trinajstić information content (AvgIpc) is 3.10. The summed E-state index contributed by atoms with van der Waals surface area (Å²) in [6.07, 6.45) is 2.45. The van der Waals surface area contributed by atoms with Crippen molar-refractivity contribution in [3.63, 3.8) is 0 Å². The van der Waals surface area contributed by atoms with Gasteiger partial charge in [-0.1, -0.05) is 0 Å². The van der Waals surface area contributed by atoms with Gasteiger partial charge in [-0.2, -0.15) is 5.10 Å². The molecule has 0 amide bonds. The van der Waals surface area contributed by atoms with E-state index in [0.717, 1.165) is 17.0 Å². The molecule has 0 aromatic carbocycles. The van der Waals surface area contributed by atoms with E-state index >= 15 is 0 Å². The Morgan fingerprint density at radius 1 is 1.59 bits per heavy atom. The molecule has 1 fully saturated rings. The van der Waals surface area contributed by atoms with Gasteiger partial charge < -0.3 is 4.74 Å². The number of anilines is 1. The zero-order chi connectivity index (χ0) is 12.4. The van der Waals surface area contributed by atoms with E-state index in [1.54, 1.807) is 0 Å². The van der Waals surface area contributed by atoms with E-state index in [4.69, 9.17) is 4.74 Å². The molecule has 17 heavy (non-hydrogen) atoms. The quantitative estimate of drug-likeness (QED) is 0.509. The van der Waals surface area contributed by atoms with Crippen LogP contribution in [0.4, 0.5) is 5.69 Å². The maximum absolute atomic E-state index is 11.5. The smallest absolute Gasteiger partial charge is 0.350 e. The minimum atomic E-state index is -0.315. The zero-order valence-corrected chi connectivity index (χ0v) is 11.1. The third-order valence-corrected chi connectivity index (χ3v) is 3.94. The topological polar surface area (TPSA) is 50.7 Å². The van der Waals surface area contributed by atoms with Crippen LogP contribution in [0.5, 0.6) is 0 Å². The van der Waals surface area contributed by atoms with Gasteiger partial charge in [0.2, 0.25) is 0 Å². The van der Waals surface area contributed by atoms with Crippen LogP contribution in [-0.4, -0.2) is 18.8 Å². The van der Waals surface area contributed by atoms with Crippen LogP contribution in [0, 0.1) is 12.8 Å². The van der Waals surface area contributed by atoms with Crippen molar-refractivity contribution in [1.29, 1.82) is 0 Å². The molecule has 0 saturated heterocycles. The van der Waals surface area contributed by atoms with Gasteiger partial charge in [0.05, 0.1) is 12.8 Å². The Bertz CT molecular complexity index is 461. The first-order valence-corrected chi connectivity index (χ1v) is 6.48. The predicted octanol–water partition coefficient (Wildman–Crippen LogP) is 3.04. The highest BCUT2D eigenvalue weighted by molar-refractivity contribution is 7.12. The summed E-state index contributed by atoms with van der Waals surface area (Å²) < 4.78 is 4.74.